The summed E-state index contributed by atoms with van der Waals surface area (Å²) in [6.07, 6.45) is 1.55. The van der Waals surface area contributed by atoms with Crippen LogP contribution in [0.2, 0.25) is 0 Å². The van der Waals surface area contributed by atoms with Crippen molar-refractivity contribution in [1.29, 1.82) is 0 Å². The highest BCUT2D eigenvalue weighted by molar-refractivity contribution is 5.79. The van der Waals surface area contributed by atoms with E-state index in [1.54, 1.807) is 32.4 Å². The fourth-order valence-corrected chi connectivity index (χ4v) is 2.42. The third-order valence-electron chi connectivity index (χ3n) is 3.72. The first kappa shape index (κ1) is 19.0. The zero-order valence-electron chi connectivity index (χ0n) is 15.1. The van der Waals surface area contributed by atoms with Gasteiger partial charge in [0.25, 0.3) is 0 Å². The number of rotatable bonds is 8. The predicted octanol–water partition coefficient (Wildman–Crippen LogP) is 2.39. The Hall–Kier alpha value is -2.31. The first-order chi connectivity index (χ1) is 12.0. The summed E-state index contributed by atoms with van der Waals surface area (Å²) in [5.74, 6) is 1.16. The normalized spacial score (nSPS) is 14.2. The van der Waals surface area contributed by atoms with E-state index in [4.69, 9.17) is 9.15 Å². The maximum Gasteiger partial charge on any atom is 0.191 e. The topological polar surface area (TPSA) is 79.0 Å². The first-order valence-corrected chi connectivity index (χ1v) is 8.40. The van der Waals surface area contributed by atoms with Gasteiger partial charge in [0, 0.05) is 13.7 Å². The zero-order valence-corrected chi connectivity index (χ0v) is 15.1. The van der Waals surface area contributed by atoms with E-state index >= 15 is 0 Å². The number of furan rings is 1. The molecule has 1 unspecified atom stereocenters. The molecule has 2 aromatic rings. The van der Waals surface area contributed by atoms with Gasteiger partial charge in [-0.2, -0.15) is 0 Å². The van der Waals surface area contributed by atoms with Gasteiger partial charge in [0.2, 0.25) is 0 Å². The Morgan fingerprint density at radius 3 is 2.72 bits per heavy atom. The summed E-state index contributed by atoms with van der Waals surface area (Å²) in [6, 6.07) is 11.7. The van der Waals surface area contributed by atoms with Gasteiger partial charge in [0.05, 0.1) is 26.0 Å². The maximum atomic E-state index is 10.5. The number of methoxy groups -OCH3 is 1. The van der Waals surface area contributed by atoms with Crippen molar-refractivity contribution in [3.05, 3.63) is 59.5 Å². The minimum atomic E-state index is -1.11. The quantitative estimate of drug-likeness (QED) is 0.506. The lowest BCUT2D eigenvalue weighted by atomic mass is 10.0. The number of aliphatic hydroxyl groups is 1. The lowest BCUT2D eigenvalue weighted by molar-refractivity contribution is 0.0386. The van der Waals surface area contributed by atoms with E-state index in [-0.39, 0.29) is 6.54 Å². The number of aliphatic imine (C=N–C) groups is 1. The van der Waals surface area contributed by atoms with E-state index in [1.807, 2.05) is 25.1 Å². The van der Waals surface area contributed by atoms with Crippen LogP contribution in [-0.2, 0) is 23.5 Å². The molecule has 1 heterocycles. The van der Waals surface area contributed by atoms with Crippen molar-refractivity contribution < 1.29 is 14.3 Å². The molecule has 6 nitrogen and oxygen atoms in total. The highest BCUT2D eigenvalue weighted by atomic mass is 16.5. The second-order valence-corrected chi connectivity index (χ2v) is 6.05. The SMILES string of the molecule is CCNC(=NCc1cccc(COC)c1)NCC(C)(O)c1ccco1. The van der Waals surface area contributed by atoms with Gasteiger partial charge in [-0.25, -0.2) is 4.99 Å². The Kier molecular flexibility index (Phi) is 7.03. The standard InChI is InChI=1S/C19H27N3O3/c1-4-20-18(22-14-19(2,23)17-9-6-10-25-17)21-12-15-7-5-8-16(11-15)13-24-3/h5-11,23H,4,12-14H2,1-3H3,(H2,20,21,22). The Morgan fingerprint density at radius 1 is 1.24 bits per heavy atom. The second kappa shape index (κ2) is 9.25. The van der Waals surface area contributed by atoms with Crippen molar-refractivity contribution in [2.45, 2.75) is 32.6 Å². The summed E-state index contributed by atoms with van der Waals surface area (Å²) in [6.45, 7) is 5.85. The summed E-state index contributed by atoms with van der Waals surface area (Å²) in [7, 11) is 1.68. The molecule has 3 N–H and O–H groups in total. The molecule has 0 radical (unpaired) electrons. The van der Waals surface area contributed by atoms with Gasteiger partial charge in [-0.05, 0) is 37.1 Å². The molecular weight excluding hydrogens is 318 g/mol. The second-order valence-electron chi connectivity index (χ2n) is 6.05. The molecule has 0 fully saturated rings. The van der Waals surface area contributed by atoms with E-state index < -0.39 is 5.60 Å². The van der Waals surface area contributed by atoms with E-state index in [0.717, 1.165) is 17.7 Å². The predicted molar refractivity (Wildman–Crippen MR) is 98.3 cm³/mol. The van der Waals surface area contributed by atoms with Gasteiger partial charge in [0.1, 0.15) is 11.4 Å². The molecule has 0 amide bonds. The number of hydrogen-bond donors (Lipinski definition) is 3. The molecule has 0 saturated heterocycles. The third-order valence-corrected chi connectivity index (χ3v) is 3.72. The Balaban J connectivity index is 1.99. The lowest BCUT2D eigenvalue weighted by Gasteiger charge is -2.22. The molecule has 2 rings (SSSR count). The molecule has 1 aromatic heterocycles. The number of nitrogens with zero attached hydrogens (tertiary/aromatic N) is 1. The molecule has 1 atom stereocenters. The molecule has 0 saturated carbocycles. The highest BCUT2D eigenvalue weighted by Crippen LogP contribution is 2.19. The lowest BCUT2D eigenvalue weighted by Crippen LogP contribution is -2.44. The smallest absolute Gasteiger partial charge is 0.191 e. The van der Waals surface area contributed by atoms with Crippen molar-refractivity contribution >= 4 is 5.96 Å². The zero-order chi connectivity index (χ0) is 18.1. The first-order valence-electron chi connectivity index (χ1n) is 8.40. The largest absolute Gasteiger partial charge is 0.466 e. The van der Waals surface area contributed by atoms with Gasteiger partial charge in [-0.1, -0.05) is 24.3 Å². The molecule has 136 valence electrons. The third kappa shape index (κ3) is 5.92. The van der Waals surface area contributed by atoms with Gasteiger partial charge >= 0.3 is 0 Å². The monoisotopic (exact) mass is 345 g/mol. The summed E-state index contributed by atoms with van der Waals surface area (Å²) < 4.78 is 10.5. The molecule has 0 aliphatic carbocycles. The summed E-state index contributed by atoms with van der Waals surface area (Å²) in [4.78, 5) is 4.58. The van der Waals surface area contributed by atoms with Gasteiger partial charge in [0.15, 0.2) is 5.96 Å². The number of guanidine groups is 1. The Morgan fingerprint density at radius 2 is 2.04 bits per heavy atom. The highest BCUT2D eigenvalue weighted by Gasteiger charge is 2.26. The summed E-state index contributed by atoms with van der Waals surface area (Å²) in [5, 5.41) is 16.9. The number of nitrogens with one attached hydrogen (secondary N) is 2. The van der Waals surface area contributed by atoms with E-state index in [9.17, 15) is 5.11 Å². The number of benzene rings is 1. The number of ether oxygens (including phenoxy) is 1. The van der Waals surface area contributed by atoms with Crippen LogP contribution in [0, 0.1) is 0 Å². The summed E-state index contributed by atoms with van der Waals surface area (Å²) >= 11 is 0. The van der Waals surface area contributed by atoms with Crippen molar-refractivity contribution in [2.24, 2.45) is 4.99 Å². The maximum absolute atomic E-state index is 10.5. The van der Waals surface area contributed by atoms with Crippen molar-refractivity contribution in [3.8, 4) is 0 Å². The van der Waals surface area contributed by atoms with Crippen LogP contribution in [0.3, 0.4) is 0 Å². The van der Waals surface area contributed by atoms with Crippen molar-refractivity contribution in [3.63, 3.8) is 0 Å². The molecule has 6 heteroatoms. The van der Waals surface area contributed by atoms with Gasteiger partial charge < -0.3 is 24.9 Å². The fraction of sp³-hybridized carbons (Fsp3) is 0.421. The molecule has 1 aromatic carbocycles. The van der Waals surface area contributed by atoms with Crippen molar-refractivity contribution in [1.82, 2.24) is 10.6 Å². The average molecular weight is 345 g/mol. The molecular formula is C19H27N3O3. The van der Waals surface area contributed by atoms with Crippen LogP contribution in [0.15, 0.2) is 52.1 Å². The molecule has 0 spiro atoms. The van der Waals surface area contributed by atoms with E-state index in [2.05, 4.69) is 21.7 Å². The minimum Gasteiger partial charge on any atom is -0.466 e. The van der Waals surface area contributed by atoms with Crippen LogP contribution in [-0.4, -0.2) is 31.3 Å². The molecule has 0 aliphatic heterocycles. The van der Waals surface area contributed by atoms with Crippen molar-refractivity contribution in [2.75, 3.05) is 20.2 Å². The van der Waals surface area contributed by atoms with Gasteiger partial charge in [-0.15, -0.1) is 0 Å². The average Bonchev–Trinajstić information content (AvgIpc) is 3.14. The number of hydrogen-bond acceptors (Lipinski definition) is 4. The van der Waals surface area contributed by atoms with Crippen LogP contribution in [0.25, 0.3) is 0 Å². The van der Waals surface area contributed by atoms with E-state index in [0.29, 0.717) is 24.9 Å². The van der Waals surface area contributed by atoms with Crippen LogP contribution >= 0.6 is 0 Å². The van der Waals surface area contributed by atoms with Crippen LogP contribution in [0.1, 0.15) is 30.7 Å². The molecule has 0 bridgehead atoms. The van der Waals surface area contributed by atoms with Crippen LogP contribution < -0.4 is 10.6 Å². The van der Waals surface area contributed by atoms with Gasteiger partial charge in [-0.3, -0.25) is 0 Å². The molecule has 25 heavy (non-hydrogen) atoms. The Bertz CT molecular complexity index is 666. The van der Waals surface area contributed by atoms with E-state index in [1.165, 1.54) is 0 Å². The Labute approximate surface area is 148 Å². The minimum absolute atomic E-state index is 0.288. The van der Waals surface area contributed by atoms with Crippen LogP contribution in [0.4, 0.5) is 0 Å². The molecule has 0 aliphatic rings. The fourth-order valence-electron chi connectivity index (χ4n) is 2.42. The van der Waals surface area contributed by atoms with Crippen LogP contribution in [0.5, 0.6) is 0 Å². The summed E-state index contributed by atoms with van der Waals surface area (Å²) in [5.41, 5.74) is 1.11.